The van der Waals surface area contributed by atoms with Gasteiger partial charge in [-0.1, -0.05) is 29.8 Å². The van der Waals surface area contributed by atoms with Gasteiger partial charge in [0, 0.05) is 36.5 Å². The summed E-state index contributed by atoms with van der Waals surface area (Å²) in [5.74, 6) is 1.08. The lowest BCUT2D eigenvalue weighted by molar-refractivity contribution is 0.474. The first kappa shape index (κ1) is 10.5. The van der Waals surface area contributed by atoms with Gasteiger partial charge in [0.2, 0.25) is 0 Å². The van der Waals surface area contributed by atoms with Crippen molar-refractivity contribution in [3.8, 4) is 11.4 Å². The van der Waals surface area contributed by atoms with Gasteiger partial charge in [-0.3, -0.25) is 0 Å². The Bertz CT molecular complexity index is 525. The van der Waals surface area contributed by atoms with Crippen molar-refractivity contribution in [1.29, 1.82) is 0 Å². The van der Waals surface area contributed by atoms with E-state index in [1.54, 1.807) is 0 Å². The number of nitrogens with zero attached hydrogens (tertiary/aromatic N) is 2. The highest BCUT2D eigenvalue weighted by atomic mass is 15.1. The molecule has 0 aliphatic carbocycles. The molecule has 1 atom stereocenters. The summed E-state index contributed by atoms with van der Waals surface area (Å²) in [6.45, 7) is 3.09. The van der Waals surface area contributed by atoms with Crippen molar-refractivity contribution in [2.24, 2.45) is 5.73 Å². The van der Waals surface area contributed by atoms with Crippen LogP contribution in [0.1, 0.15) is 17.7 Å². The van der Waals surface area contributed by atoms with Gasteiger partial charge >= 0.3 is 0 Å². The molecule has 0 saturated carbocycles. The lowest BCUT2D eigenvalue weighted by Gasteiger charge is -2.21. The van der Waals surface area contributed by atoms with Crippen LogP contribution in [0.2, 0.25) is 0 Å². The van der Waals surface area contributed by atoms with Crippen molar-refractivity contribution in [1.82, 2.24) is 9.55 Å². The molecule has 1 aliphatic rings. The molecule has 0 fully saturated rings. The molecule has 2 heterocycles. The molecule has 17 heavy (non-hydrogen) atoms. The largest absolute Gasteiger partial charge is 0.328 e. The number of aryl methyl sites for hydroxylation is 1. The third kappa shape index (κ3) is 1.87. The first-order valence-electron chi connectivity index (χ1n) is 6.11. The first-order chi connectivity index (χ1) is 8.24. The maximum Gasteiger partial charge on any atom is 0.140 e. The average Bonchev–Trinajstić information content (AvgIpc) is 2.73. The zero-order chi connectivity index (χ0) is 11.8. The normalized spacial score (nSPS) is 19.1. The Labute approximate surface area is 101 Å². The Morgan fingerprint density at radius 3 is 2.82 bits per heavy atom. The predicted octanol–water partition coefficient (Wildman–Crippen LogP) is 2.13. The molecule has 88 valence electrons. The minimum absolute atomic E-state index is 0.296. The Morgan fingerprint density at radius 1 is 1.29 bits per heavy atom. The highest BCUT2D eigenvalue weighted by molar-refractivity contribution is 5.56. The third-order valence-electron chi connectivity index (χ3n) is 3.44. The van der Waals surface area contributed by atoms with Crippen molar-refractivity contribution in [3.63, 3.8) is 0 Å². The van der Waals surface area contributed by atoms with E-state index in [1.165, 1.54) is 16.8 Å². The molecule has 1 aromatic heterocycles. The highest BCUT2D eigenvalue weighted by Crippen LogP contribution is 2.24. The van der Waals surface area contributed by atoms with Crippen molar-refractivity contribution in [2.45, 2.75) is 32.4 Å². The molecule has 0 bridgehead atoms. The maximum absolute atomic E-state index is 5.98. The van der Waals surface area contributed by atoms with E-state index in [-0.39, 0.29) is 0 Å². The number of imidazole rings is 1. The van der Waals surface area contributed by atoms with E-state index in [0.29, 0.717) is 6.04 Å². The Hall–Kier alpha value is -1.61. The van der Waals surface area contributed by atoms with Crippen molar-refractivity contribution >= 4 is 0 Å². The summed E-state index contributed by atoms with van der Waals surface area (Å²) in [7, 11) is 0. The first-order valence-corrected chi connectivity index (χ1v) is 6.11. The molecule has 2 aromatic rings. The predicted molar refractivity (Wildman–Crippen MR) is 68.7 cm³/mol. The van der Waals surface area contributed by atoms with Gasteiger partial charge in [0.05, 0.1) is 0 Å². The number of aromatic nitrogens is 2. The van der Waals surface area contributed by atoms with Crippen molar-refractivity contribution in [3.05, 3.63) is 41.7 Å². The van der Waals surface area contributed by atoms with Gasteiger partial charge in [0.25, 0.3) is 0 Å². The molecule has 1 aromatic carbocycles. The van der Waals surface area contributed by atoms with Gasteiger partial charge in [0.1, 0.15) is 5.82 Å². The SMILES string of the molecule is Cc1ccc(-c2ncc3n2CCC(N)C3)cc1. The summed E-state index contributed by atoms with van der Waals surface area (Å²) in [6.07, 6.45) is 3.95. The van der Waals surface area contributed by atoms with Crippen LogP contribution in [-0.2, 0) is 13.0 Å². The molecule has 3 nitrogen and oxygen atoms in total. The molecule has 0 saturated heterocycles. The molecule has 0 spiro atoms. The Kier molecular flexibility index (Phi) is 2.48. The van der Waals surface area contributed by atoms with Crippen LogP contribution in [0, 0.1) is 6.92 Å². The highest BCUT2D eigenvalue weighted by Gasteiger charge is 2.19. The summed E-state index contributed by atoms with van der Waals surface area (Å²) in [4.78, 5) is 4.54. The number of benzene rings is 1. The van der Waals surface area contributed by atoms with Gasteiger partial charge in [-0.2, -0.15) is 0 Å². The third-order valence-corrected chi connectivity index (χ3v) is 3.44. The van der Waals surface area contributed by atoms with E-state index in [2.05, 4.69) is 40.7 Å². The van der Waals surface area contributed by atoms with Crippen LogP contribution in [0.25, 0.3) is 11.4 Å². The molecule has 1 aliphatic heterocycles. The summed E-state index contributed by atoms with van der Waals surface area (Å²) in [5, 5.41) is 0. The zero-order valence-electron chi connectivity index (χ0n) is 10.1. The minimum atomic E-state index is 0.296. The fourth-order valence-electron chi connectivity index (χ4n) is 2.42. The van der Waals surface area contributed by atoms with Crippen LogP contribution in [-0.4, -0.2) is 15.6 Å². The van der Waals surface area contributed by atoms with Crippen molar-refractivity contribution in [2.75, 3.05) is 0 Å². The van der Waals surface area contributed by atoms with Crippen LogP contribution in [0.5, 0.6) is 0 Å². The summed E-state index contributed by atoms with van der Waals surface area (Å²) < 4.78 is 2.30. The second-order valence-corrected chi connectivity index (χ2v) is 4.84. The van der Waals surface area contributed by atoms with Gasteiger partial charge in [-0.05, 0) is 13.3 Å². The molecule has 3 rings (SSSR count). The molecule has 0 radical (unpaired) electrons. The molecular weight excluding hydrogens is 210 g/mol. The van der Waals surface area contributed by atoms with Crippen LogP contribution in [0.15, 0.2) is 30.5 Å². The van der Waals surface area contributed by atoms with Gasteiger partial charge in [-0.25, -0.2) is 4.98 Å². The van der Waals surface area contributed by atoms with Gasteiger partial charge < -0.3 is 10.3 Å². The van der Waals surface area contributed by atoms with E-state index in [0.717, 1.165) is 25.2 Å². The van der Waals surface area contributed by atoms with Crippen LogP contribution in [0.3, 0.4) is 0 Å². The second-order valence-electron chi connectivity index (χ2n) is 4.84. The summed E-state index contributed by atoms with van der Waals surface area (Å²) in [6, 6.07) is 8.83. The fraction of sp³-hybridized carbons (Fsp3) is 0.357. The molecule has 2 N–H and O–H groups in total. The summed E-state index contributed by atoms with van der Waals surface area (Å²) in [5.41, 5.74) is 9.71. The molecule has 0 amide bonds. The van der Waals surface area contributed by atoms with E-state index in [9.17, 15) is 0 Å². The fourth-order valence-corrected chi connectivity index (χ4v) is 2.42. The maximum atomic E-state index is 5.98. The lowest BCUT2D eigenvalue weighted by Crippen LogP contribution is -2.30. The smallest absolute Gasteiger partial charge is 0.140 e. The Balaban J connectivity index is 2.02. The second kappa shape index (κ2) is 4.00. The van der Waals surface area contributed by atoms with Crippen LogP contribution >= 0.6 is 0 Å². The van der Waals surface area contributed by atoms with E-state index >= 15 is 0 Å². The number of rotatable bonds is 1. The van der Waals surface area contributed by atoms with E-state index in [4.69, 9.17) is 5.73 Å². The number of fused-ring (bicyclic) bond motifs is 1. The summed E-state index contributed by atoms with van der Waals surface area (Å²) >= 11 is 0. The average molecular weight is 227 g/mol. The lowest BCUT2D eigenvalue weighted by atomic mass is 10.1. The topological polar surface area (TPSA) is 43.8 Å². The molecule has 3 heteroatoms. The quantitative estimate of drug-likeness (QED) is 0.811. The van der Waals surface area contributed by atoms with Crippen molar-refractivity contribution < 1.29 is 0 Å². The monoisotopic (exact) mass is 227 g/mol. The van der Waals surface area contributed by atoms with E-state index < -0.39 is 0 Å². The minimum Gasteiger partial charge on any atom is -0.328 e. The Morgan fingerprint density at radius 2 is 2.06 bits per heavy atom. The molecule has 1 unspecified atom stereocenters. The van der Waals surface area contributed by atoms with Gasteiger partial charge in [-0.15, -0.1) is 0 Å². The number of hydrogen-bond donors (Lipinski definition) is 1. The van der Waals surface area contributed by atoms with Gasteiger partial charge in [0.15, 0.2) is 0 Å². The zero-order valence-corrected chi connectivity index (χ0v) is 10.1. The number of nitrogens with two attached hydrogens (primary N) is 1. The van der Waals surface area contributed by atoms with Crippen LogP contribution in [0.4, 0.5) is 0 Å². The standard InChI is InChI=1S/C14H17N3/c1-10-2-4-11(5-3-10)14-16-9-13-8-12(15)6-7-17(13)14/h2-5,9,12H,6-8,15H2,1H3. The van der Waals surface area contributed by atoms with E-state index in [1.807, 2.05) is 6.20 Å². The number of hydrogen-bond acceptors (Lipinski definition) is 2. The van der Waals surface area contributed by atoms with Crippen LogP contribution < -0.4 is 5.73 Å². The molecular formula is C14H17N3.